The number of aliphatic carboxylic acids is 1. The molecular weight excluding hydrogens is 296 g/mol. The van der Waals surface area contributed by atoms with E-state index in [2.05, 4.69) is 5.32 Å². The molecule has 122 valence electrons. The standard InChI is InChI=1S/C13H24N2O5S/c1-9(2)7-11(13(17)18)14-12(16)10-5-4-6-15(8-10)21(3,19)20/h9-11H,4-8H2,1-3H3,(H,14,16)(H,17,18)/t10?,11-/m0/s1. The Balaban J connectivity index is 2.67. The molecule has 0 aromatic rings. The average Bonchev–Trinajstić information content (AvgIpc) is 2.36. The lowest BCUT2D eigenvalue weighted by molar-refractivity contribution is -0.143. The highest BCUT2D eigenvalue weighted by Crippen LogP contribution is 2.19. The van der Waals surface area contributed by atoms with Gasteiger partial charge in [0.25, 0.3) is 0 Å². The van der Waals surface area contributed by atoms with Crippen LogP contribution in [-0.2, 0) is 19.6 Å². The van der Waals surface area contributed by atoms with Crippen molar-refractivity contribution < 1.29 is 23.1 Å². The first-order valence-corrected chi connectivity index (χ1v) is 8.94. The smallest absolute Gasteiger partial charge is 0.326 e. The lowest BCUT2D eigenvalue weighted by atomic mass is 9.97. The molecule has 1 aliphatic rings. The highest BCUT2D eigenvalue weighted by Gasteiger charge is 2.32. The van der Waals surface area contributed by atoms with E-state index in [0.717, 1.165) is 6.26 Å². The molecule has 0 aliphatic carbocycles. The van der Waals surface area contributed by atoms with E-state index in [0.29, 0.717) is 25.8 Å². The van der Waals surface area contributed by atoms with Gasteiger partial charge >= 0.3 is 5.97 Å². The average molecular weight is 320 g/mol. The first-order chi connectivity index (χ1) is 9.61. The highest BCUT2D eigenvalue weighted by molar-refractivity contribution is 7.88. The summed E-state index contributed by atoms with van der Waals surface area (Å²) >= 11 is 0. The van der Waals surface area contributed by atoms with Crippen molar-refractivity contribution in [2.45, 2.75) is 39.2 Å². The van der Waals surface area contributed by atoms with Gasteiger partial charge in [-0.1, -0.05) is 13.8 Å². The highest BCUT2D eigenvalue weighted by atomic mass is 32.2. The molecule has 0 saturated carbocycles. The summed E-state index contributed by atoms with van der Waals surface area (Å²) in [6.07, 6.45) is 2.65. The minimum Gasteiger partial charge on any atom is -0.480 e. The SMILES string of the molecule is CC(C)C[C@H](NC(=O)C1CCCN(S(C)(=O)=O)C1)C(=O)O. The normalized spacial score (nSPS) is 22.0. The summed E-state index contributed by atoms with van der Waals surface area (Å²) in [6, 6.07) is -0.925. The van der Waals surface area contributed by atoms with Crippen molar-refractivity contribution in [3.05, 3.63) is 0 Å². The van der Waals surface area contributed by atoms with E-state index in [1.54, 1.807) is 0 Å². The van der Waals surface area contributed by atoms with Crippen LogP contribution in [0.15, 0.2) is 0 Å². The number of sulfonamides is 1. The van der Waals surface area contributed by atoms with Gasteiger partial charge in [0.1, 0.15) is 6.04 Å². The Morgan fingerprint density at radius 3 is 2.48 bits per heavy atom. The van der Waals surface area contributed by atoms with Crippen molar-refractivity contribution in [2.75, 3.05) is 19.3 Å². The number of carbonyl (C=O) groups is 2. The monoisotopic (exact) mass is 320 g/mol. The van der Waals surface area contributed by atoms with Crippen LogP contribution in [0, 0.1) is 11.8 Å². The predicted octanol–water partition coefficient (Wildman–Crippen LogP) is 0.274. The molecule has 21 heavy (non-hydrogen) atoms. The van der Waals surface area contributed by atoms with E-state index in [9.17, 15) is 18.0 Å². The fourth-order valence-corrected chi connectivity index (χ4v) is 3.35. The van der Waals surface area contributed by atoms with Crippen LogP contribution in [0.3, 0.4) is 0 Å². The molecule has 1 rings (SSSR count). The fourth-order valence-electron chi connectivity index (χ4n) is 2.44. The van der Waals surface area contributed by atoms with Crippen molar-refractivity contribution in [1.29, 1.82) is 0 Å². The Kier molecular flexibility index (Phi) is 6.15. The number of carbonyl (C=O) groups excluding carboxylic acids is 1. The number of nitrogens with one attached hydrogen (secondary N) is 1. The van der Waals surface area contributed by atoms with Gasteiger partial charge < -0.3 is 10.4 Å². The molecule has 1 heterocycles. The number of hydrogen-bond acceptors (Lipinski definition) is 4. The molecule has 1 saturated heterocycles. The molecular formula is C13H24N2O5S. The third kappa shape index (κ3) is 5.62. The molecule has 7 nitrogen and oxygen atoms in total. The zero-order valence-electron chi connectivity index (χ0n) is 12.7. The van der Waals surface area contributed by atoms with Gasteiger partial charge in [0.05, 0.1) is 12.2 Å². The number of piperidine rings is 1. The van der Waals surface area contributed by atoms with E-state index < -0.39 is 28.0 Å². The van der Waals surface area contributed by atoms with Gasteiger partial charge in [0, 0.05) is 13.1 Å². The fraction of sp³-hybridized carbons (Fsp3) is 0.846. The second-order valence-electron chi connectivity index (χ2n) is 5.99. The Morgan fingerprint density at radius 2 is 2.00 bits per heavy atom. The largest absolute Gasteiger partial charge is 0.480 e. The maximum atomic E-state index is 12.2. The van der Waals surface area contributed by atoms with Gasteiger partial charge in [-0.05, 0) is 25.2 Å². The van der Waals surface area contributed by atoms with E-state index in [1.807, 2.05) is 13.8 Å². The summed E-state index contributed by atoms with van der Waals surface area (Å²) in [5, 5.41) is 11.7. The number of hydrogen-bond donors (Lipinski definition) is 2. The van der Waals surface area contributed by atoms with Crippen LogP contribution in [0.25, 0.3) is 0 Å². The summed E-state index contributed by atoms with van der Waals surface area (Å²) in [5.74, 6) is -1.78. The molecule has 0 aromatic heterocycles. The van der Waals surface area contributed by atoms with E-state index in [4.69, 9.17) is 5.11 Å². The molecule has 1 unspecified atom stereocenters. The summed E-state index contributed by atoms with van der Waals surface area (Å²) in [6.45, 7) is 4.30. The quantitative estimate of drug-likeness (QED) is 0.731. The molecule has 0 spiro atoms. The second-order valence-corrected chi connectivity index (χ2v) is 7.97. The third-order valence-electron chi connectivity index (χ3n) is 3.55. The van der Waals surface area contributed by atoms with Crippen LogP contribution in [0.4, 0.5) is 0 Å². The maximum Gasteiger partial charge on any atom is 0.326 e. The summed E-state index contributed by atoms with van der Waals surface area (Å²) < 4.78 is 24.3. The van der Waals surface area contributed by atoms with Crippen LogP contribution in [-0.4, -0.2) is 55.1 Å². The number of amides is 1. The lowest BCUT2D eigenvalue weighted by Gasteiger charge is -2.31. The van der Waals surface area contributed by atoms with Crippen LogP contribution in [0.2, 0.25) is 0 Å². The maximum absolute atomic E-state index is 12.2. The molecule has 2 atom stereocenters. The van der Waals surface area contributed by atoms with Gasteiger partial charge in [0.2, 0.25) is 15.9 Å². The van der Waals surface area contributed by atoms with E-state index in [1.165, 1.54) is 4.31 Å². The van der Waals surface area contributed by atoms with Gasteiger partial charge in [-0.3, -0.25) is 4.79 Å². The molecule has 0 aromatic carbocycles. The molecule has 1 aliphatic heterocycles. The summed E-state index contributed by atoms with van der Waals surface area (Å²) in [7, 11) is -3.32. The number of rotatable bonds is 6. The third-order valence-corrected chi connectivity index (χ3v) is 4.82. The topological polar surface area (TPSA) is 104 Å². The van der Waals surface area contributed by atoms with Crippen molar-refractivity contribution in [2.24, 2.45) is 11.8 Å². The molecule has 0 radical (unpaired) electrons. The molecule has 1 amide bonds. The number of carboxylic acids is 1. The van der Waals surface area contributed by atoms with Crippen LogP contribution in [0.5, 0.6) is 0 Å². The van der Waals surface area contributed by atoms with E-state index >= 15 is 0 Å². The van der Waals surface area contributed by atoms with E-state index in [-0.39, 0.29) is 18.4 Å². The summed E-state index contributed by atoms with van der Waals surface area (Å²) in [4.78, 5) is 23.3. The van der Waals surface area contributed by atoms with Crippen molar-refractivity contribution in [3.63, 3.8) is 0 Å². The Hall–Kier alpha value is -1.15. The van der Waals surface area contributed by atoms with Crippen molar-refractivity contribution >= 4 is 21.9 Å². The number of nitrogens with zero attached hydrogens (tertiary/aromatic N) is 1. The lowest BCUT2D eigenvalue weighted by Crippen LogP contribution is -2.49. The zero-order valence-corrected chi connectivity index (χ0v) is 13.5. The molecule has 2 N–H and O–H groups in total. The number of carboxylic acid groups (broad SMARTS) is 1. The Bertz CT molecular complexity index is 489. The zero-order chi connectivity index (χ0) is 16.2. The van der Waals surface area contributed by atoms with Gasteiger partial charge in [0.15, 0.2) is 0 Å². The second kappa shape index (κ2) is 7.22. The summed E-state index contributed by atoms with van der Waals surface area (Å²) in [5.41, 5.74) is 0. The van der Waals surface area contributed by atoms with Crippen LogP contribution in [0.1, 0.15) is 33.1 Å². The minimum absolute atomic E-state index is 0.124. The van der Waals surface area contributed by atoms with Gasteiger partial charge in [-0.15, -0.1) is 0 Å². The van der Waals surface area contributed by atoms with Crippen LogP contribution >= 0.6 is 0 Å². The van der Waals surface area contributed by atoms with Gasteiger partial charge in [-0.25, -0.2) is 17.5 Å². The first-order valence-electron chi connectivity index (χ1n) is 7.09. The first kappa shape index (κ1) is 17.9. The van der Waals surface area contributed by atoms with Crippen LogP contribution < -0.4 is 5.32 Å². The predicted molar refractivity (Wildman–Crippen MR) is 78.2 cm³/mol. The minimum atomic E-state index is -3.32. The van der Waals surface area contributed by atoms with Crippen molar-refractivity contribution in [1.82, 2.24) is 9.62 Å². The molecule has 0 bridgehead atoms. The molecule has 1 fully saturated rings. The Labute approximate surface area is 125 Å². The van der Waals surface area contributed by atoms with Gasteiger partial charge in [-0.2, -0.15) is 0 Å². The molecule has 8 heteroatoms. The van der Waals surface area contributed by atoms with Crippen molar-refractivity contribution in [3.8, 4) is 0 Å². The Morgan fingerprint density at radius 1 is 1.38 bits per heavy atom.